The molecule has 1 aliphatic rings. The van der Waals surface area contributed by atoms with Crippen LogP contribution in [-0.4, -0.2) is 38.6 Å². The number of aromatic nitrogens is 2. The number of aryl methyl sites for hydroxylation is 1. The van der Waals surface area contributed by atoms with Gasteiger partial charge in [0.25, 0.3) is 0 Å². The van der Waals surface area contributed by atoms with Crippen LogP contribution in [0, 0.1) is 5.82 Å². The zero-order valence-electron chi connectivity index (χ0n) is 15.9. The second kappa shape index (κ2) is 8.24. The van der Waals surface area contributed by atoms with Gasteiger partial charge >= 0.3 is 0 Å². The maximum absolute atomic E-state index is 13.8. The van der Waals surface area contributed by atoms with Gasteiger partial charge in [0, 0.05) is 23.4 Å². The second-order valence-corrected chi connectivity index (χ2v) is 8.14. The van der Waals surface area contributed by atoms with Crippen molar-refractivity contribution in [3.63, 3.8) is 0 Å². The standard InChI is InChI=1S/C21H21FN4O2S/c1-2-26-18-10-15(8-7-14(18)11-23-26)24-20(27)17-12-29-19(21(28)25-17)9-13-5-3-4-6-16(13)22/h3-8,10-11,17,19H,2,9,12H2,1H3,(H,24,27)(H,25,28)/t17-,19+/m0/s1. The zero-order valence-corrected chi connectivity index (χ0v) is 16.7. The van der Waals surface area contributed by atoms with Crippen molar-refractivity contribution >= 4 is 40.2 Å². The maximum Gasteiger partial charge on any atom is 0.247 e. The third kappa shape index (κ3) is 4.12. The molecule has 2 amide bonds. The van der Waals surface area contributed by atoms with Crippen LogP contribution < -0.4 is 10.6 Å². The molecule has 0 unspecified atom stereocenters. The molecule has 0 spiro atoms. The number of carbonyl (C=O) groups is 2. The van der Waals surface area contributed by atoms with E-state index in [0.29, 0.717) is 23.4 Å². The van der Waals surface area contributed by atoms with Gasteiger partial charge in [-0.3, -0.25) is 14.3 Å². The van der Waals surface area contributed by atoms with Gasteiger partial charge in [0.15, 0.2) is 0 Å². The van der Waals surface area contributed by atoms with Gasteiger partial charge in [-0.1, -0.05) is 18.2 Å². The number of benzene rings is 2. The summed E-state index contributed by atoms with van der Waals surface area (Å²) < 4.78 is 15.7. The van der Waals surface area contributed by atoms with Crippen molar-refractivity contribution in [3.8, 4) is 0 Å². The Bertz CT molecular complexity index is 1070. The summed E-state index contributed by atoms with van der Waals surface area (Å²) in [5.74, 6) is -0.394. The number of halogens is 1. The highest BCUT2D eigenvalue weighted by Crippen LogP contribution is 2.24. The predicted octanol–water partition coefficient (Wildman–Crippen LogP) is 2.98. The normalized spacial score (nSPS) is 19.2. The molecule has 0 saturated carbocycles. The van der Waals surface area contributed by atoms with Crippen molar-refractivity contribution < 1.29 is 14.0 Å². The molecule has 6 nitrogen and oxygen atoms in total. The summed E-state index contributed by atoms with van der Waals surface area (Å²) in [6.07, 6.45) is 2.09. The number of anilines is 1. The Kier molecular flexibility index (Phi) is 5.53. The predicted molar refractivity (Wildman–Crippen MR) is 112 cm³/mol. The number of carbonyl (C=O) groups excluding carboxylic acids is 2. The van der Waals surface area contributed by atoms with E-state index in [1.165, 1.54) is 17.8 Å². The molecule has 4 rings (SSSR count). The molecular weight excluding hydrogens is 391 g/mol. The Morgan fingerprint density at radius 3 is 2.93 bits per heavy atom. The van der Waals surface area contributed by atoms with E-state index < -0.39 is 11.3 Å². The number of fused-ring (bicyclic) bond motifs is 1. The van der Waals surface area contributed by atoms with Crippen molar-refractivity contribution in [2.45, 2.75) is 31.2 Å². The van der Waals surface area contributed by atoms with E-state index in [9.17, 15) is 14.0 Å². The molecule has 0 bridgehead atoms. The molecule has 2 aromatic carbocycles. The van der Waals surface area contributed by atoms with Gasteiger partial charge in [-0.15, -0.1) is 11.8 Å². The lowest BCUT2D eigenvalue weighted by Gasteiger charge is -2.28. The lowest BCUT2D eigenvalue weighted by Crippen LogP contribution is -2.52. The van der Waals surface area contributed by atoms with Gasteiger partial charge in [0.2, 0.25) is 11.8 Å². The topological polar surface area (TPSA) is 76.0 Å². The monoisotopic (exact) mass is 412 g/mol. The van der Waals surface area contributed by atoms with Gasteiger partial charge in [0.1, 0.15) is 11.9 Å². The number of nitrogens with zero attached hydrogens (tertiary/aromatic N) is 2. The number of amides is 2. The fraction of sp³-hybridized carbons (Fsp3) is 0.286. The van der Waals surface area contributed by atoms with E-state index in [2.05, 4.69) is 15.7 Å². The Hall–Kier alpha value is -2.87. The van der Waals surface area contributed by atoms with E-state index >= 15 is 0 Å². The Morgan fingerprint density at radius 2 is 2.17 bits per heavy atom. The number of thioether (sulfide) groups is 1. The average Bonchev–Trinajstić information content (AvgIpc) is 3.13. The first kappa shape index (κ1) is 19.4. The van der Waals surface area contributed by atoms with E-state index in [4.69, 9.17) is 0 Å². The largest absolute Gasteiger partial charge is 0.343 e. The molecule has 2 heterocycles. The third-order valence-electron chi connectivity index (χ3n) is 4.96. The second-order valence-electron chi connectivity index (χ2n) is 6.90. The average molecular weight is 412 g/mol. The minimum absolute atomic E-state index is 0.246. The Labute approximate surface area is 171 Å². The molecule has 2 N–H and O–H groups in total. The first-order valence-electron chi connectivity index (χ1n) is 9.47. The molecule has 8 heteroatoms. The molecule has 1 aliphatic heterocycles. The number of rotatable bonds is 5. The number of hydrogen-bond acceptors (Lipinski definition) is 4. The summed E-state index contributed by atoms with van der Waals surface area (Å²) in [6.45, 7) is 2.74. The van der Waals surface area contributed by atoms with Crippen LogP contribution in [-0.2, 0) is 22.6 Å². The fourth-order valence-electron chi connectivity index (χ4n) is 3.38. The van der Waals surface area contributed by atoms with Crippen molar-refractivity contribution in [1.82, 2.24) is 15.1 Å². The molecule has 150 valence electrons. The van der Waals surface area contributed by atoms with Crippen molar-refractivity contribution in [2.75, 3.05) is 11.1 Å². The summed E-state index contributed by atoms with van der Waals surface area (Å²) >= 11 is 1.38. The summed E-state index contributed by atoms with van der Waals surface area (Å²) in [7, 11) is 0. The Morgan fingerprint density at radius 1 is 1.34 bits per heavy atom. The lowest BCUT2D eigenvalue weighted by molar-refractivity contribution is -0.126. The van der Waals surface area contributed by atoms with Gasteiger partial charge in [-0.2, -0.15) is 5.10 Å². The van der Waals surface area contributed by atoms with Crippen LogP contribution in [0.15, 0.2) is 48.7 Å². The van der Waals surface area contributed by atoms with E-state index in [1.54, 1.807) is 24.4 Å². The van der Waals surface area contributed by atoms with Crippen molar-refractivity contribution in [2.24, 2.45) is 0 Å². The van der Waals surface area contributed by atoms with Crippen LogP contribution in [0.25, 0.3) is 10.9 Å². The summed E-state index contributed by atoms with van der Waals surface area (Å²) in [4.78, 5) is 25.1. The Balaban J connectivity index is 1.39. The molecule has 2 atom stereocenters. The van der Waals surface area contributed by atoms with Gasteiger partial charge in [-0.25, -0.2) is 4.39 Å². The number of nitrogens with one attached hydrogen (secondary N) is 2. The quantitative estimate of drug-likeness (QED) is 0.676. The molecule has 29 heavy (non-hydrogen) atoms. The highest BCUT2D eigenvalue weighted by atomic mass is 32.2. The number of hydrogen-bond donors (Lipinski definition) is 2. The van der Waals surface area contributed by atoms with Crippen molar-refractivity contribution in [1.29, 1.82) is 0 Å². The van der Waals surface area contributed by atoms with Crippen LogP contribution in [0.5, 0.6) is 0 Å². The first-order valence-corrected chi connectivity index (χ1v) is 10.5. The molecule has 0 radical (unpaired) electrons. The van der Waals surface area contributed by atoms with E-state index in [0.717, 1.165) is 17.4 Å². The molecule has 3 aromatic rings. The van der Waals surface area contributed by atoms with Crippen LogP contribution in [0.1, 0.15) is 12.5 Å². The lowest BCUT2D eigenvalue weighted by atomic mass is 10.1. The summed E-state index contributed by atoms with van der Waals surface area (Å²) in [5.41, 5.74) is 2.10. The minimum Gasteiger partial charge on any atom is -0.343 e. The summed E-state index contributed by atoms with van der Waals surface area (Å²) in [5, 5.41) is 10.5. The molecule has 1 saturated heterocycles. The highest BCUT2D eigenvalue weighted by Gasteiger charge is 2.32. The van der Waals surface area contributed by atoms with Crippen LogP contribution in [0.4, 0.5) is 10.1 Å². The molecule has 0 aliphatic carbocycles. The van der Waals surface area contributed by atoms with Crippen LogP contribution in [0.3, 0.4) is 0 Å². The van der Waals surface area contributed by atoms with Gasteiger partial charge < -0.3 is 10.6 Å². The van der Waals surface area contributed by atoms with Crippen LogP contribution >= 0.6 is 11.8 Å². The SMILES string of the molecule is CCn1ncc2ccc(NC(=O)[C@@H]3CS[C@H](Cc4ccccc4F)C(=O)N3)cc21. The maximum atomic E-state index is 13.8. The van der Waals surface area contributed by atoms with Crippen molar-refractivity contribution in [3.05, 3.63) is 60.0 Å². The zero-order chi connectivity index (χ0) is 20.4. The van der Waals surface area contributed by atoms with Gasteiger partial charge in [-0.05, 0) is 43.2 Å². The third-order valence-corrected chi connectivity index (χ3v) is 6.27. The first-order chi connectivity index (χ1) is 14.0. The summed E-state index contributed by atoms with van der Waals surface area (Å²) in [6, 6.07) is 11.4. The molecular formula is C21H21FN4O2S. The molecule has 1 fully saturated rings. The van der Waals surface area contributed by atoms with E-state index in [-0.39, 0.29) is 17.6 Å². The fourth-order valence-corrected chi connectivity index (χ4v) is 4.56. The van der Waals surface area contributed by atoms with E-state index in [1.807, 2.05) is 29.8 Å². The minimum atomic E-state index is -0.629. The molecule has 1 aromatic heterocycles. The smallest absolute Gasteiger partial charge is 0.247 e. The van der Waals surface area contributed by atoms with Gasteiger partial charge in [0.05, 0.1) is 17.0 Å². The van der Waals surface area contributed by atoms with Crippen LogP contribution in [0.2, 0.25) is 0 Å². The highest BCUT2D eigenvalue weighted by molar-refractivity contribution is 8.00.